The van der Waals surface area contributed by atoms with Gasteiger partial charge in [-0.05, 0) is 50.9 Å². The Labute approximate surface area is 160 Å². The minimum Gasteiger partial charge on any atom is -0.478 e. The van der Waals surface area contributed by atoms with Gasteiger partial charge in [0.2, 0.25) is 5.44 Å². The number of halogens is 1. The predicted octanol–water partition coefficient (Wildman–Crippen LogP) is 4.43. The van der Waals surface area contributed by atoms with Crippen LogP contribution in [0.5, 0.6) is 5.75 Å². The standard InChI is InChI=1S/C19H27NO3S.ClH/c21-18(22)19(23-15-9-3-1-4-10-15)24-17-12-6-5-11-16(17)20-13-7-2-8-14-20;/h1,3-4,9-10,16-17,19H,2,5-8,11-14H2,(H,21,22);1H. The number of para-hydroxylation sites is 1. The molecule has 0 spiro atoms. The molecule has 2 aliphatic rings. The Morgan fingerprint density at radius 3 is 2.44 bits per heavy atom. The van der Waals surface area contributed by atoms with E-state index in [1.165, 1.54) is 63.4 Å². The van der Waals surface area contributed by atoms with Gasteiger partial charge in [-0.2, -0.15) is 0 Å². The number of piperidine rings is 1. The quantitative estimate of drug-likeness (QED) is 0.734. The Hall–Kier alpha value is -0.910. The van der Waals surface area contributed by atoms with Crippen molar-refractivity contribution >= 4 is 30.1 Å². The fraction of sp³-hybridized carbons (Fsp3) is 0.632. The van der Waals surface area contributed by atoms with E-state index in [0.29, 0.717) is 17.0 Å². The maximum atomic E-state index is 11.7. The van der Waals surface area contributed by atoms with E-state index in [2.05, 4.69) is 4.90 Å². The van der Waals surface area contributed by atoms with E-state index in [0.717, 1.165) is 6.42 Å². The first-order valence-electron chi connectivity index (χ1n) is 9.08. The highest BCUT2D eigenvalue weighted by Crippen LogP contribution is 2.36. The van der Waals surface area contributed by atoms with Gasteiger partial charge in [-0.25, -0.2) is 4.79 Å². The Morgan fingerprint density at radius 2 is 1.76 bits per heavy atom. The van der Waals surface area contributed by atoms with Crippen LogP contribution in [0.2, 0.25) is 0 Å². The number of aliphatic carboxylic acids is 1. The van der Waals surface area contributed by atoms with Gasteiger partial charge in [0, 0.05) is 11.3 Å². The van der Waals surface area contributed by atoms with Gasteiger partial charge in [0.25, 0.3) is 0 Å². The second-order valence-corrected chi connectivity index (χ2v) is 8.03. The van der Waals surface area contributed by atoms with Crippen LogP contribution < -0.4 is 4.74 Å². The lowest BCUT2D eigenvalue weighted by atomic mass is 9.92. The van der Waals surface area contributed by atoms with Crippen molar-refractivity contribution in [1.29, 1.82) is 0 Å². The molecule has 1 aliphatic heterocycles. The summed E-state index contributed by atoms with van der Waals surface area (Å²) in [6.45, 7) is 2.33. The third-order valence-electron chi connectivity index (χ3n) is 5.01. The van der Waals surface area contributed by atoms with Crippen molar-refractivity contribution in [3.05, 3.63) is 30.3 Å². The third-order valence-corrected chi connectivity index (χ3v) is 6.46. The summed E-state index contributed by atoms with van der Waals surface area (Å²) in [6.07, 6.45) is 8.61. The minimum atomic E-state index is -0.883. The van der Waals surface area contributed by atoms with Gasteiger partial charge in [0.1, 0.15) is 5.75 Å². The molecular formula is C19H28ClNO3S. The number of hydrogen-bond acceptors (Lipinski definition) is 4. The van der Waals surface area contributed by atoms with E-state index in [4.69, 9.17) is 4.74 Å². The van der Waals surface area contributed by atoms with Crippen LogP contribution >= 0.6 is 24.2 Å². The van der Waals surface area contributed by atoms with Crippen LogP contribution in [0.25, 0.3) is 0 Å². The van der Waals surface area contributed by atoms with Gasteiger partial charge in [-0.15, -0.1) is 24.2 Å². The molecule has 0 bridgehead atoms. The first-order valence-corrected chi connectivity index (χ1v) is 10.0. The van der Waals surface area contributed by atoms with Crippen molar-refractivity contribution in [3.8, 4) is 5.75 Å². The third kappa shape index (κ3) is 5.80. The molecule has 1 saturated carbocycles. The number of ether oxygens (including phenoxy) is 1. The zero-order valence-corrected chi connectivity index (χ0v) is 16.1. The molecule has 0 amide bonds. The Bertz CT molecular complexity index is 525. The maximum Gasteiger partial charge on any atom is 0.355 e. The molecule has 1 heterocycles. The molecule has 0 aromatic heterocycles. The Kier molecular flexibility index (Phi) is 8.40. The summed E-state index contributed by atoms with van der Waals surface area (Å²) in [5, 5.41) is 9.95. The summed E-state index contributed by atoms with van der Waals surface area (Å²) in [6, 6.07) is 9.79. The van der Waals surface area contributed by atoms with Crippen molar-refractivity contribution in [2.24, 2.45) is 0 Å². The van der Waals surface area contributed by atoms with E-state index in [1.807, 2.05) is 30.3 Å². The van der Waals surface area contributed by atoms with E-state index >= 15 is 0 Å². The van der Waals surface area contributed by atoms with Crippen LogP contribution in [0, 0.1) is 0 Å². The average Bonchev–Trinajstić information content (AvgIpc) is 2.63. The highest BCUT2D eigenvalue weighted by atomic mass is 35.5. The largest absolute Gasteiger partial charge is 0.478 e. The minimum absolute atomic E-state index is 0. The Morgan fingerprint density at radius 1 is 1.08 bits per heavy atom. The molecule has 6 heteroatoms. The average molecular weight is 386 g/mol. The molecule has 1 aliphatic carbocycles. The van der Waals surface area contributed by atoms with Crippen molar-refractivity contribution in [2.75, 3.05) is 13.1 Å². The zero-order chi connectivity index (χ0) is 16.8. The number of carboxylic acids is 1. The lowest BCUT2D eigenvalue weighted by Gasteiger charge is -2.42. The van der Waals surface area contributed by atoms with E-state index in [9.17, 15) is 9.90 Å². The van der Waals surface area contributed by atoms with E-state index < -0.39 is 11.4 Å². The molecule has 2 fully saturated rings. The molecule has 25 heavy (non-hydrogen) atoms. The number of thioether (sulfide) groups is 1. The summed E-state index contributed by atoms with van der Waals surface area (Å²) in [4.78, 5) is 14.3. The highest BCUT2D eigenvalue weighted by Gasteiger charge is 2.35. The second kappa shape index (κ2) is 10.3. The monoisotopic (exact) mass is 385 g/mol. The number of hydrogen-bond donors (Lipinski definition) is 1. The molecule has 4 nitrogen and oxygen atoms in total. The number of likely N-dealkylation sites (tertiary alicyclic amines) is 1. The topological polar surface area (TPSA) is 49.8 Å². The maximum absolute atomic E-state index is 11.7. The highest BCUT2D eigenvalue weighted by molar-refractivity contribution is 8.01. The Balaban J connectivity index is 0.00000225. The molecule has 0 radical (unpaired) electrons. The molecule has 3 rings (SSSR count). The predicted molar refractivity (Wildman–Crippen MR) is 105 cm³/mol. The number of carbonyl (C=O) groups is 1. The smallest absolute Gasteiger partial charge is 0.355 e. The molecule has 1 aromatic carbocycles. The molecule has 3 unspecified atom stereocenters. The zero-order valence-electron chi connectivity index (χ0n) is 14.5. The molecular weight excluding hydrogens is 358 g/mol. The van der Waals surface area contributed by atoms with Crippen molar-refractivity contribution in [1.82, 2.24) is 4.90 Å². The summed E-state index contributed by atoms with van der Waals surface area (Å²) in [5.41, 5.74) is -0.831. The summed E-state index contributed by atoms with van der Waals surface area (Å²) < 4.78 is 5.76. The van der Waals surface area contributed by atoms with E-state index in [-0.39, 0.29) is 12.4 Å². The van der Waals surface area contributed by atoms with Crippen LogP contribution in [-0.2, 0) is 4.79 Å². The molecule has 3 atom stereocenters. The fourth-order valence-electron chi connectivity index (χ4n) is 3.82. The normalized spacial score (nSPS) is 25.6. The molecule has 1 saturated heterocycles. The van der Waals surface area contributed by atoms with Crippen molar-refractivity contribution < 1.29 is 14.6 Å². The fourth-order valence-corrected chi connectivity index (χ4v) is 5.21. The molecule has 1 N–H and O–H groups in total. The second-order valence-electron chi connectivity index (χ2n) is 6.72. The lowest BCUT2D eigenvalue weighted by Crippen LogP contribution is -2.47. The number of rotatable bonds is 6. The van der Waals surface area contributed by atoms with Crippen molar-refractivity contribution in [2.45, 2.75) is 61.7 Å². The van der Waals surface area contributed by atoms with Crippen LogP contribution in [-0.4, -0.2) is 45.8 Å². The SMILES string of the molecule is Cl.O=C(O)C(Oc1ccccc1)SC1CCCCC1N1CCCCC1. The van der Waals surface area contributed by atoms with Gasteiger partial charge >= 0.3 is 5.97 Å². The van der Waals surface area contributed by atoms with Gasteiger partial charge < -0.3 is 9.84 Å². The molecule has 140 valence electrons. The van der Waals surface area contributed by atoms with Gasteiger partial charge in [0.05, 0.1) is 0 Å². The van der Waals surface area contributed by atoms with Gasteiger partial charge in [0.15, 0.2) is 0 Å². The van der Waals surface area contributed by atoms with Crippen molar-refractivity contribution in [3.63, 3.8) is 0 Å². The number of carboxylic acid groups (broad SMARTS) is 1. The first-order chi connectivity index (χ1) is 11.7. The molecule has 1 aromatic rings. The number of benzene rings is 1. The summed E-state index contributed by atoms with van der Waals surface area (Å²) in [5.74, 6) is -0.255. The summed E-state index contributed by atoms with van der Waals surface area (Å²) in [7, 11) is 0. The number of nitrogens with zero attached hydrogens (tertiary/aromatic N) is 1. The van der Waals surface area contributed by atoms with Crippen LogP contribution in [0.3, 0.4) is 0 Å². The first kappa shape index (κ1) is 20.4. The lowest BCUT2D eigenvalue weighted by molar-refractivity contribution is -0.140. The van der Waals surface area contributed by atoms with E-state index in [1.54, 1.807) is 0 Å². The van der Waals surface area contributed by atoms with Gasteiger partial charge in [-0.1, -0.05) is 37.5 Å². The van der Waals surface area contributed by atoms with Crippen LogP contribution in [0.1, 0.15) is 44.9 Å². The van der Waals surface area contributed by atoms with Gasteiger partial charge in [-0.3, -0.25) is 4.90 Å². The van der Waals surface area contributed by atoms with Crippen LogP contribution in [0.15, 0.2) is 30.3 Å². The summed E-state index contributed by atoms with van der Waals surface area (Å²) >= 11 is 1.51. The van der Waals surface area contributed by atoms with Crippen LogP contribution in [0.4, 0.5) is 0 Å².